The molecule has 1 heterocycles. The zero-order valence-electron chi connectivity index (χ0n) is 9.53. The zero-order chi connectivity index (χ0) is 12.3. The Labute approximate surface area is 104 Å². The molecule has 1 aromatic rings. The van der Waals surface area contributed by atoms with Gasteiger partial charge in [0.2, 0.25) is 5.91 Å². The van der Waals surface area contributed by atoms with Gasteiger partial charge in [-0.05, 0) is 20.3 Å². The van der Waals surface area contributed by atoms with E-state index in [2.05, 4.69) is 10.3 Å². The topological polar surface area (TPSA) is 68.0 Å². The molecule has 0 aliphatic rings. The molecule has 0 radical (unpaired) electrons. The monoisotopic (exact) mass is 257 g/mol. The summed E-state index contributed by atoms with van der Waals surface area (Å²) in [7, 11) is 0. The lowest BCUT2D eigenvalue weighted by atomic mass is 9.86. The molecule has 0 aliphatic heterocycles. The minimum Gasteiger partial charge on any atom is -0.392 e. The summed E-state index contributed by atoms with van der Waals surface area (Å²) >= 11 is 6.35. The van der Waals surface area contributed by atoms with E-state index in [1.165, 1.54) is 11.3 Å². The van der Waals surface area contributed by atoms with Crippen molar-refractivity contribution in [3.63, 3.8) is 0 Å². The molecule has 1 aromatic heterocycles. The molecule has 16 heavy (non-hydrogen) atoms. The fourth-order valence-corrected chi connectivity index (χ4v) is 1.99. The van der Waals surface area contributed by atoms with E-state index < -0.39 is 5.41 Å². The highest BCUT2D eigenvalue weighted by Gasteiger charge is 2.34. The molecule has 0 aromatic carbocycles. The third-order valence-electron chi connectivity index (χ3n) is 2.59. The molecular weight excluding hydrogens is 242 g/mol. The molecule has 6 heteroatoms. The highest BCUT2D eigenvalue weighted by atomic mass is 32.1. The number of rotatable bonds is 4. The first-order valence-electron chi connectivity index (χ1n) is 4.94. The Morgan fingerprint density at radius 1 is 1.75 bits per heavy atom. The lowest BCUT2D eigenvalue weighted by molar-refractivity contribution is -0.121. The van der Waals surface area contributed by atoms with Crippen LogP contribution in [0.15, 0.2) is 6.20 Å². The van der Waals surface area contributed by atoms with E-state index in [1.54, 1.807) is 13.1 Å². The summed E-state index contributed by atoms with van der Waals surface area (Å²) in [5.41, 5.74) is 4.78. The number of hydrogen-bond donors (Lipinski definition) is 2. The van der Waals surface area contributed by atoms with Crippen LogP contribution in [0.25, 0.3) is 0 Å². The molecule has 1 rings (SSSR count). The van der Waals surface area contributed by atoms with Gasteiger partial charge in [0.15, 0.2) is 5.13 Å². The van der Waals surface area contributed by atoms with E-state index >= 15 is 0 Å². The summed E-state index contributed by atoms with van der Waals surface area (Å²) in [5, 5.41) is 3.32. The van der Waals surface area contributed by atoms with E-state index in [9.17, 15) is 4.79 Å². The SMILES string of the molecule is CCC(C)(C(=O)Nc1ncc(C)s1)C(N)=S. The smallest absolute Gasteiger partial charge is 0.238 e. The predicted octanol–water partition coefficient (Wildman–Crippen LogP) is 2.09. The third-order valence-corrected chi connectivity index (χ3v) is 3.87. The van der Waals surface area contributed by atoms with E-state index in [0.29, 0.717) is 11.6 Å². The minimum absolute atomic E-state index is 0.197. The van der Waals surface area contributed by atoms with Gasteiger partial charge in [-0.2, -0.15) is 0 Å². The number of hydrogen-bond acceptors (Lipinski definition) is 4. The van der Waals surface area contributed by atoms with Crippen LogP contribution >= 0.6 is 23.6 Å². The van der Waals surface area contributed by atoms with E-state index in [0.717, 1.165) is 4.88 Å². The number of nitrogens with two attached hydrogens (primary N) is 1. The number of thiocarbonyl (C=S) groups is 1. The van der Waals surface area contributed by atoms with Crippen LogP contribution in [-0.2, 0) is 4.79 Å². The third kappa shape index (κ3) is 2.56. The molecule has 0 bridgehead atoms. The molecule has 0 spiro atoms. The van der Waals surface area contributed by atoms with Crippen molar-refractivity contribution in [3.05, 3.63) is 11.1 Å². The van der Waals surface area contributed by atoms with Crippen molar-refractivity contribution >= 4 is 39.6 Å². The number of nitrogens with one attached hydrogen (secondary N) is 1. The number of carbonyl (C=O) groups excluding carboxylic acids is 1. The molecule has 0 fully saturated rings. The molecule has 0 saturated carbocycles. The van der Waals surface area contributed by atoms with Crippen LogP contribution in [0.2, 0.25) is 0 Å². The molecule has 1 atom stereocenters. The summed E-state index contributed by atoms with van der Waals surface area (Å²) in [4.78, 5) is 17.3. The Kier molecular flexibility index (Phi) is 3.98. The lowest BCUT2D eigenvalue weighted by Gasteiger charge is -2.24. The van der Waals surface area contributed by atoms with Gasteiger partial charge in [0.25, 0.3) is 0 Å². The van der Waals surface area contributed by atoms with Crippen LogP contribution in [0, 0.1) is 12.3 Å². The number of anilines is 1. The van der Waals surface area contributed by atoms with Gasteiger partial charge in [-0.25, -0.2) is 4.98 Å². The van der Waals surface area contributed by atoms with Gasteiger partial charge in [0.05, 0.1) is 10.4 Å². The largest absolute Gasteiger partial charge is 0.392 e. The summed E-state index contributed by atoms with van der Waals surface area (Å²) in [6.45, 7) is 5.55. The van der Waals surface area contributed by atoms with Gasteiger partial charge >= 0.3 is 0 Å². The molecule has 3 N–H and O–H groups in total. The fourth-order valence-electron chi connectivity index (χ4n) is 1.09. The maximum Gasteiger partial charge on any atom is 0.238 e. The maximum absolute atomic E-state index is 12.0. The predicted molar refractivity (Wildman–Crippen MR) is 70.7 cm³/mol. The molecule has 0 aliphatic carbocycles. The van der Waals surface area contributed by atoms with Gasteiger partial charge in [-0.3, -0.25) is 4.79 Å². The quantitative estimate of drug-likeness (QED) is 0.810. The fraction of sp³-hybridized carbons (Fsp3) is 0.500. The molecule has 4 nitrogen and oxygen atoms in total. The first-order valence-corrected chi connectivity index (χ1v) is 6.16. The molecule has 88 valence electrons. The summed E-state index contributed by atoms with van der Waals surface area (Å²) in [6.07, 6.45) is 2.28. The molecule has 0 saturated heterocycles. The van der Waals surface area contributed by atoms with Crippen molar-refractivity contribution in [1.82, 2.24) is 4.98 Å². The number of carbonyl (C=O) groups is 1. The van der Waals surface area contributed by atoms with Crippen molar-refractivity contribution in [2.45, 2.75) is 27.2 Å². The second-order valence-electron chi connectivity index (χ2n) is 3.78. The number of aromatic nitrogens is 1. The molecular formula is C10H15N3OS2. The highest BCUT2D eigenvalue weighted by molar-refractivity contribution is 7.80. The minimum atomic E-state index is -0.811. The normalized spacial score (nSPS) is 14.2. The van der Waals surface area contributed by atoms with E-state index in [4.69, 9.17) is 18.0 Å². The Balaban J connectivity index is 2.82. The van der Waals surface area contributed by atoms with E-state index in [-0.39, 0.29) is 10.9 Å². The first-order chi connectivity index (χ1) is 7.40. The van der Waals surface area contributed by atoms with Crippen LogP contribution in [-0.4, -0.2) is 15.9 Å². The van der Waals surface area contributed by atoms with Crippen molar-refractivity contribution in [2.24, 2.45) is 11.1 Å². The van der Waals surface area contributed by atoms with Crippen LogP contribution in [0.4, 0.5) is 5.13 Å². The summed E-state index contributed by atoms with van der Waals surface area (Å²) < 4.78 is 0. The Bertz CT molecular complexity index is 416. The number of aryl methyl sites for hydroxylation is 1. The second-order valence-corrected chi connectivity index (χ2v) is 5.45. The number of thiazole rings is 1. The van der Waals surface area contributed by atoms with Gasteiger partial charge < -0.3 is 11.1 Å². The second kappa shape index (κ2) is 4.88. The lowest BCUT2D eigenvalue weighted by Crippen LogP contribution is -2.43. The average Bonchev–Trinajstić information content (AvgIpc) is 2.62. The highest BCUT2D eigenvalue weighted by Crippen LogP contribution is 2.25. The van der Waals surface area contributed by atoms with Crippen molar-refractivity contribution in [2.75, 3.05) is 5.32 Å². The number of amides is 1. The van der Waals surface area contributed by atoms with Gasteiger partial charge in [0.1, 0.15) is 0 Å². The van der Waals surface area contributed by atoms with E-state index in [1.807, 2.05) is 13.8 Å². The Morgan fingerprint density at radius 2 is 2.38 bits per heavy atom. The van der Waals surface area contributed by atoms with Crippen LogP contribution in [0.3, 0.4) is 0 Å². The molecule has 1 unspecified atom stereocenters. The Morgan fingerprint density at radius 3 is 2.75 bits per heavy atom. The maximum atomic E-state index is 12.0. The average molecular weight is 257 g/mol. The van der Waals surface area contributed by atoms with Crippen LogP contribution < -0.4 is 11.1 Å². The Hall–Kier alpha value is -1.01. The zero-order valence-corrected chi connectivity index (χ0v) is 11.2. The van der Waals surface area contributed by atoms with Crippen LogP contribution in [0.1, 0.15) is 25.1 Å². The first kappa shape index (κ1) is 13.1. The summed E-state index contributed by atoms with van der Waals surface area (Å²) in [5.74, 6) is -0.197. The van der Waals surface area contributed by atoms with Gasteiger partial charge in [-0.15, -0.1) is 11.3 Å². The van der Waals surface area contributed by atoms with Crippen LogP contribution in [0.5, 0.6) is 0 Å². The van der Waals surface area contributed by atoms with Crippen molar-refractivity contribution < 1.29 is 4.79 Å². The van der Waals surface area contributed by atoms with Crippen molar-refractivity contribution in [3.8, 4) is 0 Å². The standard InChI is InChI=1S/C10H15N3OS2/c1-4-10(3,7(11)15)8(14)13-9-12-5-6(2)16-9/h5H,4H2,1-3H3,(H2,11,15)(H,12,13,14). The summed E-state index contributed by atoms with van der Waals surface area (Å²) in [6, 6.07) is 0. The van der Waals surface area contributed by atoms with Gasteiger partial charge in [0, 0.05) is 11.1 Å². The molecule has 1 amide bonds. The number of nitrogens with zero attached hydrogens (tertiary/aromatic N) is 1. The van der Waals surface area contributed by atoms with Crippen molar-refractivity contribution in [1.29, 1.82) is 0 Å². The van der Waals surface area contributed by atoms with Gasteiger partial charge in [-0.1, -0.05) is 19.1 Å².